The molecule has 0 saturated carbocycles. The molecule has 0 aliphatic rings. The summed E-state index contributed by atoms with van der Waals surface area (Å²) in [6.45, 7) is 1.35. The van der Waals surface area contributed by atoms with Crippen LogP contribution in [0.1, 0.15) is 28.2 Å². The molecule has 3 aromatic rings. The molecule has 0 spiro atoms. The normalized spacial score (nSPS) is 11.0. The summed E-state index contributed by atoms with van der Waals surface area (Å²) in [6, 6.07) is 19.0. The average molecular weight is 312 g/mol. The Morgan fingerprint density at radius 1 is 0.696 bits per heavy atom. The minimum absolute atomic E-state index is 0.0383. The molecule has 116 valence electrons. The second kappa shape index (κ2) is 6.29. The first-order valence-corrected chi connectivity index (χ1v) is 7.33. The maximum Gasteiger partial charge on any atom is 0.166 e. The van der Waals surface area contributed by atoms with E-state index in [1.165, 1.54) is 6.92 Å². The number of rotatable bonds is 3. The molecule has 0 saturated heterocycles. The van der Waals surface area contributed by atoms with Gasteiger partial charge in [0.2, 0.25) is 0 Å². The largest absolute Gasteiger partial charge is 0.207 e. The van der Waals surface area contributed by atoms with Gasteiger partial charge in [-0.1, -0.05) is 60.7 Å². The predicted molar refractivity (Wildman–Crippen MR) is 84.9 cm³/mol. The van der Waals surface area contributed by atoms with Crippen molar-refractivity contribution in [1.82, 2.24) is 0 Å². The number of halogens is 3. The summed E-state index contributed by atoms with van der Waals surface area (Å²) >= 11 is 0. The highest BCUT2D eigenvalue weighted by molar-refractivity contribution is 5.45. The van der Waals surface area contributed by atoms with Gasteiger partial charge in [-0.3, -0.25) is 0 Å². The lowest BCUT2D eigenvalue weighted by Crippen LogP contribution is -2.11. The van der Waals surface area contributed by atoms with Crippen molar-refractivity contribution in [2.75, 3.05) is 0 Å². The smallest absolute Gasteiger partial charge is 0.166 e. The Kier molecular flexibility index (Phi) is 4.20. The van der Waals surface area contributed by atoms with Crippen LogP contribution in [0, 0.1) is 24.4 Å². The van der Waals surface area contributed by atoms with E-state index in [1.54, 1.807) is 48.5 Å². The van der Waals surface area contributed by atoms with Crippen molar-refractivity contribution >= 4 is 0 Å². The monoisotopic (exact) mass is 312 g/mol. The van der Waals surface area contributed by atoms with Gasteiger partial charge in [-0.25, -0.2) is 13.2 Å². The maximum absolute atomic E-state index is 14.5. The summed E-state index contributed by atoms with van der Waals surface area (Å²) < 4.78 is 43.1. The zero-order valence-corrected chi connectivity index (χ0v) is 12.6. The third kappa shape index (κ3) is 2.87. The van der Waals surface area contributed by atoms with Crippen LogP contribution in [-0.4, -0.2) is 0 Å². The Hall–Kier alpha value is -2.55. The fraction of sp³-hybridized carbons (Fsp3) is 0.100. The molecular formula is C20H15F3. The van der Waals surface area contributed by atoms with Crippen LogP contribution < -0.4 is 0 Å². The quantitative estimate of drug-likeness (QED) is 0.437. The molecule has 23 heavy (non-hydrogen) atoms. The SMILES string of the molecule is Cc1cc(F)c(C(c2ccccc2)c2ccccc2)c(F)c1F. The van der Waals surface area contributed by atoms with Gasteiger partial charge < -0.3 is 0 Å². The van der Waals surface area contributed by atoms with Crippen molar-refractivity contribution in [2.45, 2.75) is 12.8 Å². The van der Waals surface area contributed by atoms with Crippen LogP contribution in [0.2, 0.25) is 0 Å². The van der Waals surface area contributed by atoms with Crippen LogP contribution in [0.3, 0.4) is 0 Å². The highest BCUT2D eigenvalue weighted by Gasteiger charge is 2.26. The average Bonchev–Trinajstić information content (AvgIpc) is 2.58. The van der Waals surface area contributed by atoms with Crippen LogP contribution >= 0.6 is 0 Å². The summed E-state index contributed by atoms with van der Waals surface area (Å²) in [6.07, 6.45) is 0. The van der Waals surface area contributed by atoms with Gasteiger partial charge in [0, 0.05) is 11.5 Å². The molecule has 0 atom stereocenters. The summed E-state index contributed by atoms with van der Waals surface area (Å²) in [5.41, 5.74) is 1.12. The van der Waals surface area contributed by atoms with Crippen LogP contribution in [0.25, 0.3) is 0 Å². The molecule has 3 heteroatoms. The van der Waals surface area contributed by atoms with E-state index >= 15 is 0 Å². The van der Waals surface area contributed by atoms with Crippen molar-refractivity contribution in [2.24, 2.45) is 0 Å². The zero-order chi connectivity index (χ0) is 16.4. The Balaban J connectivity index is 2.28. The molecule has 0 fully saturated rings. The molecule has 0 heterocycles. The van der Waals surface area contributed by atoms with Crippen LogP contribution in [0.15, 0.2) is 66.7 Å². The predicted octanol–water partition coefficient (Wildman–Crippen LogP) is 5.59. The maximum atomic E-state index is 14.5. The molecule has 0 nitrogen and oxygen atoms in total. The number of aryl methyl sites for hydroxylation is 1. The van der Waals surface area contributed by atoms with Gasteiger partial charge in [-0.15, -0.1) is 0 Å². The Labute approximate surface area is 133 Å². The molecule has 0 N–H and O–H groups in total. The molecule has 3 rings (SSSR count). The molecule has 0 aliphatic carbocycles. The molecule has 0 aromatic heterocycles. The molecule has 0 amide bonds. The van der Waals surface area contributed by atoms with Gasteiger partial charge in [-0.05, 0) is 29.7 Å². The second-order valence-electron chi connectivity index (χ2n) is 5.47. The molecule has 0 aliphatic heterocycles. The fourth-order valence-corrected chi connectivity index (χ4v) is 2.81. The Morgan fingerprint density at radius 2 is 1.17 bits per heavy atom. The molecular weight excluding hydrogens is 297 g/mol. The van der Waals surface area contributed by atoms with Crippen molar-refractivity contribution in [3.8, 4) is 0 Å². The number of hydrogen-bond donors (Lipinski definition) is 0. The minimum atomic E-state index is -1.12. The van der Waals surface area contributed by atoms with Crippen LogP contribution in [0.5, 0.6) is 0 Å². The van der Waals surface area contributed by atoms with Gasteiger partial charge >= 0.3 is 0 Å². The summed E-state index contributed by atoms with van der Waals surface area (Å²) in [7, 11) is 0. The first-order chi connectivity index (χ1) is 11.1. The summed E-state index contributed by atoms with van der Waals surface area (Å²) in [4.78, 5) is 0. The standard InChI is InChI=1S/C20H15F3/c1-13-12-16(21)18(20(23)19(13)22)17(14-8-4-2-5-9-14)15-10-6-3-7-11-15/h2-12,17H,1H3. The summed E-state index contributed by atoms with van der Waals surface area (Å²) in [5, 5.41) is 0. The van der Waals surface area contributed by atoms with Gasteiger partial charge in [0.15, 0.2) is 11.6 Å². The van der Waals surface area contributed by atoms with Gasteiger partial charge in [-0.2, -0.15) is 0 Å². The molecule has 3 aromatic carbocycles. The fourth-order valence-electron chi connectivity index (χ4n) is 2.81. The van der Waals surface area contributed by atoms with E-state index < -0.39 is 23.4 Å². The van der Waals surface area contributed by atoms with E-state index in [9.17, 15) is 13.2 Å². The molecule has 0 unspecified atom stereocenters. The Morgan fingerprint density at radius 3 is 1.65 bits per heavy atom. The van der Waals surface area contributed by atoms with Crippen LogP contribution in [0.4, 0.5) is 13.2 Å². The van der Waals surface area contributed by atoms with Gasteiger partial charge in [0.05, 0.1) is 0 Å². The topological polar surface area (TPSA) is 0 Å². The second-order valence-corrected chi connectivity index (χ2v) is 5.47. The van der Waals surface area contributed by atoms with E-state index in [4.69, 9.17) is 0 Å². The van der Waals surface area contributed by atoms with E-state index in [0.29, 0.717) is 11.1 Å². The van der Waals surface area contributed by atoms with Crippen LogP contribution in [-0.2, 0) is 0 Å². The molecule has 0 radical (unpaired) electrons. The van der Waals surface area contributed by atoms with E-state index in [0.717, 1.165) is 6.07 Å². The van der Waals surface area contributed by atoms with Crippen molar-refractivity contribution < 1.29 is 13.2 Å². The first-order valence-electron chi connectivity index (χ1n) is 7.33. The Bertz CT molecular complexity index is 772. The lowest BCUT2D eigenvalue weighted by molar-refractivity contribution is 0.472. The lowest BCUT2D eigenvalue weighted by atomic mass is 9.84. The number of hydrogen-bond acceptors (Lipinski definition) is 0. The highest BCUT2D eigenvalue weighted by Crippen LogP contribution is 2.36. The van der Waals surface area contributed by atoms with Crippen molar-refractivity contribution in [3.63, 3.8) is 0 Å². The van der Waals surface area contributed by atoms with Crippen molar-refractivity contribution in [1.29, 1.82) is 0 Å². The molecule has 0 bridgehead atoms. The van der Waals surface area contributed by atoms with Gasteiger partial charge in [0.1, 0.15) is 5.82 Å². The first kappa shape index (κ1) is 15.3. The van der Waals surface area contributed by atoms with E-state index in [2.05, 4.69) is 0 Å². The minimum Gasteiger partial charge on any atom is -0.207 e. The summed E-state index contributed by atoms with van der Waals surface area (Å²) in [5.74, 6) is -3.56. The lowest BCUT2D eigenvalue weighted by Gasteiger charge is -2.21. The van der Waals surface area contributed by atoms with E-state index in [-0.39, 0.29) is 11.1 Å². The number of benzene rings is 3. The third-order valence-corrected chi connectivity index (χ3v) is 3.93. The van der Waals surface area contributed by atoms with Crippen molar-refractivity contribution in [3.05, 3.63) is 106 Å². The third-order valence-electron chi connectivity index (χ3n) is 3.93. The van der Waals surface area contributed by atoms with Gasteiger partial charge in [0.25, 0.3) is 0 Å². The zero-order valence-electron chi connectivity index (χ0n) is 12.6. The highest BCUT2D eigenvalue weighted by atomic mass is 19.2. The van der Waals surface area contributed by atoms with E-state index in [1.807, 2.05) is 12.1 Å².